The molecule has 4 nitrogen and oxygen atoms in total. The molecule has 6 heteroatoms. The molecular formula is C23H18ClN3OS. The van der Waals surface area contributed by atoms with Gasteiger partial charge in [-0.05, 0) is 42.0 Å². The Labute approximate surface area is 178 Å². The number of amides is 1. The summed E-state index contributed by atoms with van der Waals surface area (Å²) in [7, 11) is 0. The van der Waals surface area contributed by atoms with Gasteiger partial charge in [0.25, 0.3) is 0 Å². The van der Waals surface area contributed by atoms with E-state index in [0.29, 0.717) is 11.4 Å². The lowest BCUT2D eigenvalue weighted by Gasteiger charge is -2.08. The maximum atomic E-state index is 12.3. The third-order valence-electron chi connectivity index (χ3n) is 4.31. The fourth-order valence-corrected chi connectivity index (χ4v) is 3.81. The summed E-state index contributed by atoms with van der Waals surface area (Å²) in [5, 5.41) is 4.44. The third kappa shape index (κ3) is 5.13. The maximum Gasteiger partial charge on any atom is 0.234 e. The molecule has 0 radical (unpaired) electrons. The number of carbonyl (C=O) groups excluding carboxylic acids is 1. The van der Waals surface area contributed by atoms with E-state index in [2.05, 4.69) is 5.32 Å². The second-order valence-corrected chi connectivity index (χ2v) is 7.92. The molecule has 4 rings (SSSR count). The van der Waals surface area contributed by atoms with Crippen molar-refractivity contribution in [3.63, 3.8) is 0 Å². The van der Waals surface area contributed by atoms with Gasteiger partial charge < -0.3 is 5.32 Å². The molecule has 3 aromatic carbocycles. The van der Waals surface area contributed by atoms with E-state index in [1.807, 2.05) is 78.9 Å². The molecule has 1 amide bonds. The van der Waals surface area contributed by atoms with E-state index in [-0.39, 0.29) is 11.7 Å². The van der Waals surface area contributed by atoms with Gasteiger partial charge in [-0.15, -0.1) is 11.8 Å². The summed E-state index contributed by atoms with van der Waals surface area (Å²) in [4.78, 5) is 21.9. The second kappa shape index (κ2) is 9.07. The molecule has 0 aliphatic carbocycles. The number of nitrogens with one attached hydrogen (secondary N) is 1. The van der Waals surface area contributed by atoms with E-state index in [9.17, 15) is 4.79 Å². The summed E-state index contributed by atoms with van der Waals surface area (Å²) in [6.45, 7) is 0. The van der Waals surface area contributed by atoms with Crippen LogP contribution in [-0.4, -0.2) is 22.4 Å². The van der Waals surface area contributed by atoms with Crippen LogP contribution in [0.1, 0.15) is 12.0 Å². The topological polar surface area (TPSA) is 53.8 Å². The minimum atomic E-state index is -0.0635. The fraction of sp³-hybridized carbons (Fsp3) is 0.0870. The van der Waals surface area contributed by atoms with Crippen LogP contribution in [0, 0.1) is 0 Å². The van der Waals surface area contributed by atoms with Crippen molar-refractivity contribution in [2.24, 2.45) is 9.98 Å². The fourth-order valence-electron chi connectivity index (χ4n) is 2.91. The molecule has 1 aliphatic rings. The van der Waals surface area contributed by atoms with Crippen molar-refractivity contribution in [2.75, 3.05) is 11.1 Å². The Bertz CT molecular complexity index is 1080. The molecule has 0 spiro atoms. The van der Waals surface area contributed by atoms with Gasteiger partial charge in [0.1, 0.15) is 0 Å². The summed E-state index contributed by atoms with van der Waals surface area (Å²) in [6, 6.07) is 24.8. The molecular weight excluding hydrogens is 402 g/mol. The monoisotopic (exact) mass is 419 g/mol. The van der Waals surface area contributed by atoms with Crippen LogP contribution in [0.2, 0.25) is 5.02 Å². The van der Waals surface area contributed by atoms with Gasteiger partial charge in [0.05, 0.1) is 27.9 Å². The average Bonchev–Trinajstić information content (AvgIpc) is 2.93. The van der Waals surface area contributed by atoms with E-state index in [4.69, 9.17) is 21.6 Å². The number of aliphatic imine (C=N–C) groups is 2. The van der Waals surface area contributed by atoms with Crippen LogP contribution in [-0.2, 0) is 4.79 Å². The highest BCUT2D eigenvalue weighted by atomic mass is 35.5. The van der Waals surface area contributed by atoms with Crippen molar-refractivity contribution >= 4 is 57.1 Å². The van der Waals surface area contributed by atoms with Crippen molar-refractivity contribution in [3.8, 4) is 0 Å². The Balaban J connectivity index is 1.53. The smallest absolute Gasteiger partial charge is 0.234 e. The molecule has 0 saturated heterocycles. The van der Waals surface area contributed by atoms with Crippen molar-refractivity contribution in [1.29, 1.82) is 0 Å². The zero-order chi connectivity index (χ0) is 20.1. The predicted molar refractivity (Wildman–Crippen MR) is 123 cm³/mol. The summed E-state index contributed by atoms with van der Waals surface area (Å²) in [6.07, 6.45) is 0.555. The highest BCUT2D eigenvalue weighted by Crippen LogP contribution is 2.33. The maximum absolute atomic E-state index is 12.3. The van der Waals surface area contributed by atoms with Crippen LogP contribution in [0.25, 0.3) is 0 Å². The highest BCUT2D eigenvalue weighted by molar-refractivity contribution is 8.14. The number of rotatable bonds is 4. The number of anilines is 1. The molecule has 29 heavy (non-hydrogen) atoms. The third-order valence-corrected chi connectivity index (χ3v) is 5.53. The van der Waals surface area contributed by atoms with Crippen molar-refractivity contribution < 1.29 is 4.79 Å². The lowest BCUT2D eigenvalue weighted by molar-refractivity contribution is -0.113. The van der Waals surface area contributed by atoms with Crippen LogP contribution in [0.15, 0.2) is 88.8 Å². The van der Waals surface area contributed by atoms with Gasteiger partial charge in [0.15, 0.2) is 0 Å². The first-order valence-electron chi connectivity index (χ1n) is 9.15. The summed E-state index contributed by atoms with van der Waals surface area (Å²) < 4.78 is 0. The van der Waals surface area contributed by atoms with Gasteiger partial charge in [0, 0.05) is 17.1 Å². The number of fused-ring (bicyclic) bond motifs is 1. The first kappa shape index (κ1) is 19.4. The van der Waals surface area contributed by atoms with Crippen LogP contribution in [0.3, 0.4) is 0 Å². The molecule has 0 aromatic heterocycles. The number of para-hydroxylation sites is 3. The van der Waals surface area contributed by atoms with E-state index in [1.54, 1.807) is 0 Å². The molecule has 0 bridgehead atoms. The predicted octanol–water partition coefficient (Wildman–Crippen LogP) is 6.27. The normalized spacial score (nSPS) is 13.0. The molecule has 1 aliphatic heterocycles. The Morgan fingerprint density at radius 2 is 1.55 bits per heavy atom. The Hall–Kier alpha value is -2.89. The SMILES string of the molecule is O=C(CSC1=Nc2ccccc2N=C(c2ccc(Cl)cc2)C1)Nc1ccccc1. The molecule has 1 N–H and O–H groups in total. The molecule has 144 valence electrons. The summed E-state index contributed by atoms with van der Waals surface area (Å²) >= 11 is 7.47. The number of thioether (sulfide) groups is 1. The number of hydrogen-bond donors (Lipinski definition) is 1. The van der Waals surface area contributed by atoms with Gasteiger partial charge in [-0.3, -0.25) is 9.79 Å². The summed E-state index contributed by atoms with van der Waals surface area (Å²) in [5.74, 6) is 0.218. The van der Waals surface area contributed by atoms with Crippen LogP contribution in [0.5, 0.6) is 0 Å². The highest BCUT2D eigenvalue weighted by Gasteiger charge is 2.16. The van der Waals surface area contributed by atoms with Crippen LogP contribution >= 0.6 is 23.4 Å². The van der Waals surface area contributed by atoms with E-state index in [1.165, 1.54) is 11.8 Å². The zero-order valence-electron chi connectivity index (χ0n) is 15.5. The van der Waals surface area contributed by atoms with Gasteiger partial charge >= 0.3 is 0 Å². The lowest BCUT2D eigenvalue weighted by Crippen LogP contribution is -2.16. The van der Waals surface area contributed by atoms with Gasteiger partial charge in [0.2, 0.25) is 5.91 Å². The second-order valence-electron chi connectivity index (χ2n) is 6.44. The number of halogens is 1. The first-order chi connectivity index (χ1) is 14.2. The molecule has 1 heterocycles. The molecule has 0 saturated carbocycles. The van der Waals surface area contributed by atoms with E-state index >= 15 is 0 Å². The zero-order valence-corrected chi connectivity index (χ0v) is 17.1. The van der Waals surface area contributed by atoms with Gasteiger partial charge in [-0.2, -0.15) is 0 Å². The van der Waals surface area contributed by atoms with Crippen molar-refractivity contribution in [1.82, 2.24) is 0 Å². The number of carbonyl (C=O) groups is 1. The van der Waals surface area contributed by atoms with E-state index in [0.717, 1.165) is 33.4 Å². The molecule has 3 aromatic rings. The number of nitrogens with zero attached hydrogens (tertiary/aromatic N) is 2. The molecule has 0 unspecified atom stereocenters. The van der Waals surface area contributed by atoms with Gasteiger partial charge in [-0.1, -0.05) is 54.1 Å². The quantitative estimate of drug-likeness (QED) is 0.542. The Morgan fingerprint density at radius 1 is 0.897 bits per heavy atom. The summed E-state index contributed by atoms with van der Waals surface area (Å²) in [5.41, 5.74) is 4.31. The average molecular weight is 420 g/mol. The van der Waals surface area contributed by atoms with Crippen molar-refractivity contribution in [2.45, 2.75) is 6.42 Å². The number of hydrogen-bond acceptors (Lipinski definition) is 4. The minimum absolute atomic E-state index is 0.0635. The van der Waals surface area contributed by atoms with Gasteiger partial charge in [-0.25, -0.2) is 4.99 Å². The minimum Gasteiger partial charge on any atom is -0.325 e. The largest absolute Gasteiger partial charge is 0.325 e. The first-order valence-corrected chi connectivity index (χ1v) is 10.5. The van der Waals surface area contributed by atoms with Crippen molar-refractivity contribution in [3.05, 3.63) is 89.4 Å². The molecule has 0 fully saturated rings. The Kier molecular flexibility index (Phi) is 6.08. The van der Waals surface area contributed by atoms with E-state index < -0.39 is 0 Å². The lowest BCUT2D eigenvalue weighted by atomic mass is 10.1. The Morgan fingerprint density at radius 3 is 2.28 bits per heavy atom. The van der Waals surface area contributed by atoms with Crippen LogP contribution in [0.4, 0.5) is 17.1 Å². The number of benzene rings is 3. The standard InChI is InChI=1S/C23H18ClN3OS/c24-17-12-10-16(11-13-17)21-14-23(27-20-9-5-4-8-19(20)26-21)29-15-22(28)25-18-6-2-1-3-7-18/h1-13H,14-15H2,(H,25,28). The molecule has 0 atom stereocenters. The van der Waals surface area contributed by atoms with Crippen LogP contribution < -0.4 is 5.32 Å².